The number of para-hydroxylation sites is 1. The molecule has 0 aliphatic rings. The molecule has 0 atom stereocenters. The Bertz CT molecular complexity index is 1420. The summed E-state index contributed by atoms with van der Waals surface area (Å²) in [6.07, 6.45) is 2.93. The number of fused-ring (bicyclic) bond motifs is 2. The van der Waals surface area contributed by atoms with Gasteiger partial charge in [-0.3, -0.25) is 14.5 Å². The maximum absolute atomic E-state index is 14.9. The van der Waals surface area contributed by atoms with E-state index < -0.39 is 11.6 Å². The van der Waals surface area contributed by atoms with Gasteiger partial charge in [-0.2, -0.15) is 5.10 Å². The number of halogens is 2. The van der Waals surface area contributed by atoms with Crippen LogP contribution in [0.15, 0.2) is 71.9 Å². The molecule has 0 radical (unpaired) electrons. The lowest BCUT2D eigenvalue weighted by molar-refractivity contribution is 0.541. The molecule has 5 aromatic rings. The molecule has 2 aromatic heterocycles. The van der Waals surface area contributed by atoms with Crippen LogP contribution in [-0.2, 0) is 6.54 Å². The van der Waals surface area contributed by atoms with Gasteiger partial charge in [0.15, 0.2) is 0 Å². The highest BCUT2D eigenvalue weighted by Gasteiger charge is 2.16. The van der Waals surface area contributed by atoms with Gasteiger partial charge in [0.05, 0.1) is 35.5 Å². The molecule has 0 fully saturated rings. The Morgan fingerprint density at radius 2 is 1.76 bits per heavy atom. The minimum Gasteiger partial charge on any atom is -0.294 e. The molecule has 0 amide bonds. The molecule has 0 saturated carbocycles. The van der Waals surface area contributed by atoms with Crippen LogP contribution in [0.3, 0.4) is 0 Å². The zero-order valence-corrected chi connectivity index (χ0v) is 15.1. The first-order valence-electron chi connectivity index (χ1n) is 8.96. The molecule has 5 rings (SSSR count). The summed E-state index contributed by atoms with van der Waals surface area (Å²) < 4.78 is 30.9. The van der Waals surface area contributed by atoms with Crippen LogP contribution < -0.4 is 5.56 Å². The Morgan fingerprint density at radius 3 is 2.59 bits per heavy atom. The maximum atomic E-state index is 14.9. The van der Waals surface area contributed by atoms with E-state index in [9.17, 15) is 13.6 Å². The summed E-state index contributed by atoms with van der Waals surface area (Å²) in [5.41, 5.74) is 1.86. The van der Waals surface area contributed by atoms with Crippen LogP contribution in [0.25, 0.3) is 32.9 Å². The summed E-state index contributed by atoms with van der Waals surface area (Å²) in [4.78, 5) is 16.8. The van der Waals surface area contributed by atoms with Gasteiger partial charge in [-0.25, -0.2) is 13.8 Å². The number of benzene rings is 3. The van der Waals surface area contributed by atoms with E-state index in [0.717, 1.165) is 10.9 Å². The zero-order valence-electron chi connectivity index (χ0n) is 15.1. The van der Waals surface area contributed by atoms with Crippen LogP contribution in [0.5, 0.6) is 0 Å². The quantitative estimate of drug-likeness (QED) is 0.502. The van der Waals surface area contributed by atoms with Crippen molar-refractivity contribution < 1.29 is 8.78 Å². The first kappa shape index (κ1) is 17.2. The third-order valence-corrected chi connectivity index (χ3v) is 5.00. The normalized spacial score (nSPS) is 11.4. The molecule has 0 bridgehead atoms. The minimum atomic E-state index is -0.722. The van der Waals surface area contributed by atoms with E-state index in [-0.39, 0.29) is 17.7 Å². The van der Waals surface area contributed by atoms with E-state index in [1.165, 1.54) is 23.0 Å². The summed E-state index contributed by atoms with van der Waals surface area (Å²) in [5, 5.41) is 8.00. The maximum Gasteiger partial charge on any atom is 0.261 e. The number of aromatic amines is 1. The van der Waals surface area contributed by atoms with E-state index in [0.29, 0.717) is 22.0 Å². The fourth-order valence-electron chi connectivity index (χ4n) is 3.52. The summed E-state index contributed by atoms with van der Waals surface area (Å²) >= 11 is 0. The standard InChI is InChI=1S/C22H14F2N4O/c23-18-8-13(14-5-3-7-21-16(14)10-26-27-21)9-19(24)17(18)11-28-12-25-20-6-2-1-4-15(20)22(28)29/h1-10,12H,11H2,(H,26,27). The molecule has 2 heterocycles. The van der Waals surface area contributed by atoms with E-state index in [4.69, 9.17) is 0 Å². The molecule has 0 aliphatic heterocycles. The molecule has 7 heteroatoms. The second-order valence-corrected chi connectivity index (χ2v) is 6.75. The van der Waals surface area contributed by atoms with Crippen LogP contribution in [0.1, 0.15) is 5.56 Å². The SMILES string of the molecule is O=c1c2ccccc2ncn1Cc1c(F)cc(-c2cccc3[nH]ncc23)cc1F. The van der Waals surface area contributed by atoms with Crippen molar-refractivity contribution in [3.63, 3.8) is 0 Å². The number of hydrogen-bond acceptors (Lipinski definition) is 3. The number of nitrogens with zero attached hydrogens (tertiary/aromatic N) is 3. The van der Waals surface area contributed by atoms with Gasteiger partial charge in [-0.05, 0) is 41.5 Å². The van der Waals surface area contributed by atoms with Crippen LogP contribution in [0.4, 0.5) is 8.78 Å². The molecule has 1 N–H and O–H groups in total. The van der Waals surface area contributed by atoms with Crippen molar-refractivity contribution in [2.75, 3.05) is 0 Å². The predicted molar refractivity (Wildman–Crippen MR) is 107 cm³/mol. The number of hydrogen-bond donors (Lipinski definition) is 1. The Morgan fingerprint density at radius 1 is 0.966 bits per heavy atom. The second kappa shape index (κ2) is 6.63. The van der Waals surface area contributed by atoms with Gasteiger partial charge in [0, 0.05) is 10.9 Å². The van der Waals surface area contributed by atoms with Crippen LogP contribution in [-0.4, -0.2) is 19.7 Å². The highest BCUT2D eigenvalue weighted by Crippen LogP contribution is 2.30. The Labute approximate surface area is 163 Å². The van der Waals surface area contributed by atoms with Gasteiger partial charge in [0.2, 0.25) is 0 Å². The molecular weight excluding hydrogens is 374 g/mol. The smallest absolute Gasteiger partial charge is 0.261 e. The third kappa shape index (κ3) is 2.87. The molecular formula is C22H14F2N4O. The Hall–Kier alpha value is -3.87. The van der Waals surface area contributed by atoms with E-state index >= 15 is 0 Å². The number of aromatic nitrogens is 4. The summed E-state index contributed by atoms with van der Waals surface area (Å²) in [7, 11) is 0. The van der Waals surface area contributed by atoms with Crippen molar-refractivity contribution in [3.8, 4) is 11.1 Å². The molecule has 0 spiro atoms. The summed E-state index contributed by atoms with van der Waals surface area (Å²) in [5.74, 6) is -1.44. The fourth-order valence-corrected chi connectivity index (χ4v) is 3.52. The highest BCUT2D eigenvalue weighted by atomic mass is 19.1. The Balaban J connectivity index is 1.58. The molecule has 0 saturated heterocycles. The first-order valence-corrected chi connectivity index (χ1v) is 8.96. The molecule has 0 unspecified atom stereocenters. The predicted octanol–water partition coefficient (Wildman–Crippen LogP) is 4.27. The highest BCUT2D eigenvalue weighted by molar-refractivity contribution is 5.94. The summed E-state index contributed by atoms with van der Waals surface area (Å²) in [6, 6.07) is 14.8. The van der Waals surface area contributed by atoms with Gasteiger partial charge in [0.25, 0.3) is 5.56 Å². The topological polar surface area (TPSA) is 63.6 Å². The lowest BCUT2D eigenvalue weighted by atomic mass is 10.00. The lowest BCUT2D eigenvalue weighted by Crippen LogP contribution is -2.22. The molecule has 3 aromatic carbocycles. The summed E-state index contributed by atoms with van der Waals surface area (Å²) in [6.45, 7) is -0.246. The lowest BCUT2D eigenvalue weighted by Gasteiger charge is -2.11. The first-order chi connectivity index (χ1) is 14.1. The average molecular weight is 388 g/mol. The third-order valence-electron chi connectivity index (χ3n) is 5.00. The zero-order chi connectivity index (χ0) is 20.0. The van der Waals surface area contributed by atoms with Gasteiger partial charge in [-0.1, -0.05) is 24.3 Å². The van der Waals surface area contributed by atoms with E-state index in [2.05, 4.69) is 15.2 Å². The monoisotopic (exact) mass is 388 g/mol. The molecule has 142 valence electrons. The van der Waals surface area contributed by atoms with Crippen LogP contribution in [0.2, 0.25) is 0 Å². The van der Waals surface area contributed by atoms with Crippen molar-refractivity contribution in [2.24, 2.45) is 0 Å². The minimum absolute atomic E-state index is 0.188. The molecule has 29 heavy (non-hydrogen) atoms. The van der Waals surface area contributed by atoms with Gasteiger partial charge >= 0.3 is 0 Å². The van der Waals surface area contributed by atoms with Crippen molar-refractivity contribution in [2.45, 2.75) is 6.54 Å². The van der Waals surface area contributed by atoms with Gasteiger partial charge in [0.1, 0.15) is 11.6 Å². The largest absolute Gasteiger partial charge is 0.294 e. The average Bonchev–Trinajstić information content (AvgIpc) is 3.21. The number of nitrogens with one attached hydrogen (secondary N) is 1. The van der Waals surface area contributed by atoms with Crippen molar-refractivity contribution in [1.29, 1.82) is 0 Å². The molecule has 5 nitrogen and oxygen atoms in total. The van der Waals surface area contributed by atoms with Crippen LogP contribution >= 0.6 is 0 Å². The second-order valence-electron chi connectivity index (χ2n) is 6.75. The van der Waals surface area contributed by atoms with Crippen LogP contribution in [0, 0.1) is 11.6 Å². The van der Waals surface area contributed by atoms with Gasteiger partial charge < -0.3 is 0 Å². The van der Waals surface area contributed by atoms with Crippen molar-refractivity contribution in [3.05, 3.63) is 94.7 Å². The fraction of sp³-hybridized carbons (Fsp3) is 0.0455. The van der Waals surface area contributed by atoms with Crippen molar-refractivity contribution >= 4 is 21.8 Å². The number of rotatable bonds is 3. The van der Waals surface area contributed by atoms with Gasteiger partial charge in [-0.15, -0.1) is 0 Å². The molecule has 0 aliphatic carbocycles. The van der Waals surface area contributed by atoms with Crippen molar-refractivity contribution in [1.82, 2.24) is 19.7 Å². The van der Waals surface area contributed by atoms with E-state index in [1.807, 2.05) is 6.07 Å². The Kier molecular flexibility index (Phi) is 3.94. The van der Waals surface area contributed by atoms with E-state index in [1.54, 1.807) is 42.6 Å². The number of H-pyrrole nitrogens is 1.